The van der Waals surface area contributed by atoms with Crippen molar-refractivity contribution in [3.8, 4) is 0 Å². The van der Waals surface area contributed by atoms with Crippen molar-refractivity contribution >= 4 is 74.9 Å². The van der Waals surface area contributed by atoms with E-state index in [0.29, 0.717) is 11.4 Å². The fourth-order valence-corrected chi connectivity index (χ4v) is 7.31. The summed E-state index contributed by atoms with van der Waals surface area (Å²) in [7, 11) is 0. The van der Waals surface area contributed by atoms with Gasteiger partial charge in [0.25, 0.3) is 0 Å². The minimum Gasteiger partial charge on any atom is -0.311 e. The molecule has 2 aromatic heterocycles. The van der Waals surface area contributed by atoms with E-state index in [1.54, 1.807) is 22.7 Å². The number of hydrogen-bond acceptors (Lipinski definition) is 3. The molecule has 5 aromatic carbocycles. The summed E-state index contributed by atoms with van der Waals surface area (Å²) in [6, 6.07) is 52.4. The highest BCUT2D eigenvalue weighted by atomic mass is 32.1. The predicted octanol–water partition coefficient (Wildman–Crippen LogP) is 14.0. The third kappa shape index (κ3) is 7.94. The summed E-state index contributed by atoms with van der Waals surface area (Å²) in [5.74, 6) is 0. The second-order valence-corrected chi connectivity index (χ2v) is 14.0. The summed E-state index contributed by atoms with van der Waals surface area (Å²) in [6.45, 7) is 17.6. The summed E-state index contributed by atoms with van der Waals surface area (Å²) in [5.41, 5.74) is 12.0. The zero-order chi connectivity index (χ0) is 35.7. The monoisotopic (exact) mass is 703 g/mol. The highest BCUT2D eigenvalue weighted by Crippen LogP contribution is 2.37. The van der Waals surface area contributed by atoms with Crippen LogP contribution < -0.4 is 4.90 Å². The lowest BCUT2D eigenvalue weighted by atomic mass is 9.95. The zero-order valence-corrected chi connectivity index (χ0v) is 30.1. The highest BCUT2D eigenvalue weighted by molar-refractivity contribution is 7.11. The Labute approximate surface area is 313 Å². The van der Waals surface area contributed by atoms with Gasteiger partial charge in [-0.15, -0.1) is 0 Å². The molecule has 0 bridgehead atoms. The molecule has 0 N–H and O–H groups in total. The zero-order valence-electron chi connectivity index (χ0n) is 28.5. The van der Waals surface area contributed by atoms with Crippen LogP contribution in [0.4, 0.5) is 17.1 Å². The fraction of sp³-hybridized carbons (Fsp3) is 0.0213. The number of nitrogens with zero attached hydrogens (tertiary/aromatic N) is 3. The van der Waals surface area contributed by atoms with E-state index in [1.165, 1.54) is 22.3 Å². The van der Waals surface area contributed by atoms with Crippen LogP contribution in [0.5, 0.6) is 0 Å². The van der Waals surface area contributed by atoms with Crippen LogP contribution in [0.15, 0.2) is 162 Å². The van der Waals surface area contributed by atoms with Gasteiger partial charge in [0.05, 0.1) is 13.1 Å². The van der Waals surface area contributed by atoms with E-state index in [4.69, 9.17) is 13.1 Å². The largest absolute Gasteiger partial charge is 0.311 e. The maximum atomic E-state index is 7.73. The molecule has 248 valence electrons. The van der Waals surface area contributed by atoms with Crippen LogP contribution >= 0.6 is 22.7 Å². The summed E-state index contributed by atoms with van der Waals surface area (Å²) >= 11 is 3.14. The molecule has 0 aliphatic carbocycles. The van der Waals surface area contributed by atoms with E-state index in [2.05, 4.69) is 149 Å². The summed E-state index contributed by atoms with van der Waals surface area (Å²) in [5, 5.41) is 3.99. The van der Waals surface area contributed by atoms with Crippen LogP contribution in [-0.4, -0.2) is 0 Å². The second-order valence-electron chi connectivity index (χ2n) is 12.1. The first-order valence-electron chi connectivity index (χ1n) is 16.8. The van der Waals surface area contributed by atoms with Gasteiger partial charge in [-0.2, -0.15) is 22.7 Å². The quantitative estimate of drug-likeness (QED) is 0.102. The van der Waals surface area contributed by atoms with Gasteiger partial charge in [-0.25, -0.2) is 9.69 Å². The molecule has 0 radical (unpaired) electrons. The predicted molar refractivity (Wildman–Crippen MR) is 223 cm³/mol. The van der Waals surface area contributed by atoms with Gasteiger partial charge in [0, 0.05) is 26.8 Å². The fourth-order valence-electron chi connectivity index (χ4n) is 5.94. The van der Waals surface area contributed by atoms with Crippen molar-refractivity contribution in [2.24, 2.45) is 0 Å². The van der Waals surface area contributed by atoms with Gasteiger partial charge in [-0.3, -0.25) is 0 Å². The Morgan fingerprint density at radius 3 is 1.31 bits per heavy atom. The van der Waals surface area contributed by atoms with E-state index in [-0.39, 0.29) is 0 Å². The van der Waals surface area contributed by atoms with Crippen molar-refractivity contribution in [2.75, 3.05) is 4.90 Å². The summed E-state index contributed by atoms with van der Waals surface area (Å²) in [4.78, 5) is 11.7. The normalized spacial score (nSPS) is 11.9. The first-order valence-corrected chi connectivity index (χ1v) is 18.5. The number of benzene rings is 5. The molecule has 0 aliphatic rings. The van der Waals surface area contributed by atoms with Gasteiger partial charge in [-0.05, 0) is 106 Å². The molecule has 0 saturated heterocycles. The van der Waals surface area contributed by atoms with Crippen molar-refractivity contribution in [3.05, 3.63) is 228 Å². The number of aryl methyl sites for hydroxylation is 1. The molecule has 52 heavy (non-hydrogen) atoms. The molecule has 0 spiro atoms. The lowest BCUT2D eigenvalue weighted by molar-refractivity contribution is 1.28. The summed E-state index contributed by atoms with van der Waals surface area (Å²) in [6.07, 6.45) is 6.13. The number of thiophene rings is 2. The topological polar surface area (TPSA) is 12.0 Å². The van der Waals surface area contributed by atoms with Crippen molar-refractivity contribution in [1.82, 2.24) is 0 Å². The number of anilines is 3. The number of rotatable bonds is 10. The molecule has 0 aliphatic heterocycles. The SMILES string of the molecule is [C-]#[N+]/C(=C\c1ccc(N(c2ccc(/C=C(\[N+]#[C-])c3cccs3)cc2)c2ccc(/C=C(\c3ccccc3)c3ccc(C)cc3)cc2)cc1)c1cccs1. The standard InChI is InChI=1S/C47H33N3S2/c1-34-13-21-39(22-14-34)43(38-9-5-4-6-10-38)31-35-15-23-40(24-16-35)50(41-25-17-36(18-26-41)32-44(48-2)46-11-7-29-51-46)42-27-19-37(20-28-42)33-45(49-3)47-12-8-30-52-47/h4-33H,1H3/b43-31+,44-32-,45-33-. The van der Waals surface area contributed by atoms with E-state index in [1.807, 2.05) is 53.2 Å². The third-order valence-electron chi connectivity index (χ3n) is 8.61. The first-order chi connectivity index (χ1) is 25.6. The molecular weight excluding hydrogens is 671 g/mol. The Balaban J connectivity index is 1.26. The average Bonchev–Trinajstić information content (AvgIpc) is 3.94. The maximum absolute atomic E-state index is 7.73. The van der Waals surface area contributed by atoms with Crippen LogP contribution in [0.25, 0.3) is 44.9 Å². The van der Waals surface area contributed by atoms with Crippen LogP contribution in [0.1, 0.15) is 43.1 Å². The van der Waals surface area contributed by atoms with Crippen LogP contribution in [0.2, 0.25) is 0 Å². The second kappa shape index (κ2) is 16.0. The van der Waals surface area contributed by atoms with Crippen LogP contribution in [0, 0.1) is 20.1 Å². The molecule has 0 amide bonds. The van der Waals surface area contributed by atoms with Crippen molar-refractivity contribution in [3.63, 3.8) is 0 Å². The van der Waals surface area contributed by atoms with E-state index >= 15 is 0 Å². The Bertz CT molecular complexity index is 2320. The Morgan fingerprint density at radius 2 is 0.904 bits per heavy atom. The molecule has 7 rings (SSSR count). The van der Waals surface area contributed by atoms with Gasteiger partial charge < -0.3 is 4.90 Å². The molecule has 3 nitrogen and oxygen atoms in total. The maximum Gasteiger partial charge on any atom is 0.204 e. The van der Waals surface area contributed by atoms with Crippen molar-refractivity contribution in [1.29, 1.82) is 0 Å². The number of hydrogen-bond donors (Lipinski definition) is 0. The Morgan fingerprint density at radius 1 is 0.481 bits per heavy atom. The molecule has 0 saturated carbocycles. The summed E-state index contributed by atoms with van der Waals surface area (Å²) < 4.78 is 0. The lowest BCUT2D eigenvalue weighted by Gasteiger charge is -2.26. The molecule has 7 aromatic rings. The molecule has 5 heteroatoms. The van der Waals surface area contributed by atoms with Gasteiger partial charge in [0.15, 0.2) is 0 Å². The van der Waals surface area contributed by atoms with Crippen molar-refractivity contribution in [2.45, 2.75) is 6.92 Å². The smallest absolute Gasteiger partial charge is 0.204 e. The van der Waals surface area contributed by atoms with Gasteiger partial charge in [-0.1, -0.05) is 121 Å². The minimum absolute atomic E-state index is 0.633. The van der Waals surface area contributed by atoms with Gasteiger partial charge >= 0.3 is 0 Å². The van der Waals surface area contributed by atoms with Crippen LogP contribution in [-0.2, 0) is 0 Å². The van der Waals surface area contributed by atoms with E-state index in [0.717, 1.165) is 43.5 Å². The Kier molecular flexibility index (Phi) is 10.5. The molecule has 0 atom stereocenters. The lowest BCUT2D eigenvalue weighted by Crippen LogP contribution is -2.09. The van der Waals surface area contributed by atoms with E-state index in [9.17, 15) is 0 Å². The molecular formula is C47H33N3S2. The molecule has 0 fully saturated rings. The highest BCUT2D eigenvalue weighted by Gasteiger charge is 2.14. The van der Waals surface area contributed by atoms with Gasteiger partial charge in [0.1, 0.15) is 0 Å². The minimum atomic E-state index is 0.633. The Hall–Kier alpha value is -6.50. The van der Waals surface area contributed by atoms with E-state index < -0.39 is 0 Å². The van der Waals surface area contributed by atoms with Crippen LogP contribution in [0.3, 0.4) is 0 Å². The third-order valence-corrected chi connectivity index (χ3v) is 10.4. The molecule has 2 heterocycles. The van der Waals surface area contributed by atoms with Gasteiger partial charge in [0.2, 0.25) is 11.4 Å². The first kappa shape index (κ1) is 34.0. The molecule has 0 unspecified atom stereocenters. The van der Waals surface area contributed by atoms with Crippen molar-refractivity contribution < 1.29 is 0 Å². The average molecular weight is 704 g/mol.